The second kappa shape index (κ2) is 5.02. The summed E-state index contributed by atoms with van der Waals surface area (Å²) in [6.45, 7) is -0.374. The molecular formula is C4H7FS. The molecule has 0 heterocycles. The molecule has 0 saturated heterocycles. The quantitative estimate of drug-likeness (QED) is 0.399. The SMILES string of the molecule is FCC=CCS. The van der Waals surface area contributed by atoms with Crippen molar-refractivity contribution < 1.29 is 4.39 Å². The predicted molar refractivity (Wildman–Crippen MR) is 29.0 cm³/mol. The van der Waals surface area contributed by atoms with Crippen LogP contribution in [0.2, 0.25) is 0 Å². The first-order chi connectivity index (χ1) is 2.91. The smallest absolute Gasteiger partial charge is 0.108 e. The van der Waals surface area contributed by atoms with E-state index in [1.807, 2.05) is 0 Å². The van der Waals surface area contributed by atoms with Crippen molar-refractivity contribution >= 4 is 12.6 Å². The highest BCUT2D eigenvalue weighted by Gasteiger charge is 1.63. The average molecular weight is 106 g/mol. The highest BCUT2D eigenvalue weighted by molar-refractivity contribution is 7.80. The monoisotopic (exact) mass is 106 g/mol. The van der Waals surface area contributed by atoms with E-state index in [0.29, 0.717) is 5.75 Å². The van der Waals surface area contributed by atoms with E-state index in [0.717, 1.165) is 0 Å². The van der Waals surface area contributed by atoms with Gasteiger partial charge in [0.05, 0.1) is 0 Å². The molecule has 0 aromatic rings. The summed E-state index contributed by atoms with van der Waals surface area (Å²) < 4.78 is 11.1. The summed E-state index contributed by atoms with van der Waals surface area (Å²) in [5.41, 5.74) is 0. The Morgan fingerprint density at radius 1 is 1.50 bits per heavy atom. The van der Waals surface area contributed by atoms with Gasteiger partial charge in [0.2, 0.25) is 0 Å². The van der Waals surface area contributed by atoms with E-state index in [1.165, 1.54) is 6.08 Å². The van der Waals surface area contributed by atoms with Gasteiger partial charge in [0.1, 0.15) is 6.67 Å². The Kier molecular flexibility index (Phi) is 5.04. The van der Waals surface area contributed by atoms with Gasteiger partial charge < -0.3 is 0 Å². The summed E-state index contributed by atoms with van der Waals surface area (Å²) in [6, 6.07) is 0. The molecule has 6 heavy (non-hydrogen) atoms. The van der Waals surface area contributed by atoms with Gasteiger partial charge in [-0.1, -0.05) is 12.2 Å². The fourth-order valence-corrected chi connectivity index (χ4v) is 0.287. The molecule has 0 N–H and O–H groups in total. The first-order valence-electron chi connectivity index (χ1n) is 1.73. The van der Waals surface area contributed by atoms with Crippen molar-refractivity contribution in [2.75, 3.05) is 12.4 Å². The third kappa shape index (κ3) is 4.02. The molecule has 0 aromatic carbocycles. The molecule has 0 rings (SSSR count). The van der Waals surface area contributed by atoms with Crippen LogP contribution in [-0.4, -0.2) is 12.4 Å². The molecule has 0 spiro atoms. The maximum atomic E-state index is 11.1. The molecule has 0 aliphatic carbocycles. The molecular weight excluding hydrogens is 99.1 g/mol. The molecule has 0 nitrogen and oxygen atoms in total. The molecule has 0 radical (unpaired) electrons. The first kappa shape index (κ1) is 6.02. The Bertz CT molecular complexity index is 36.8. The Hall–Kier alpha value is 0.0200. The van der Waals surface area contributed by atoms with Gasteiger partial charge in [-0.3, -0.25) is 0 Å². The normalized spacial score (nSPS) is 10.3. The summed E-state index contributed by atoms with van der Waals surface area (Å²) in [7, 11) is 0. The number of allylic oxidation sites excluding steroid dienone is 1. The summed E-state index contributed by atoms with van der Waals surface area (Å²) in [5.74, 6) is 0.629. The van der Waals surface area contributed by atoms with Gasteiger partial charge in [0.15, 0.2) is 0 Å². The van der Waals surface area contributed by atoms with Gasteiger partial charge in [0.25, 0.3) is 0 Å². The van der Waals surface area contributed by atoms with E-state index in [9.17, 15) is 4.39 Å². The number of halogens is 1. The Balaban J connectivity index is 2.73. The van der Waals surface area contributed by atoms with Gasteiger partial charge in [0, 0.05) is 5.75 Å². The maximum absolute atomic E-state index is 11.1. The van der Waals surface area contributed by atoms with Crippen LogP contribution in [0.25, 0.3) is 0 Å². The minimum atomic E-state index is -0.374. The number of alkyl halides is 1. The molecule has 36 valence electrons. The van der Waals surface area contributed by atoms with E-state index in [1.54, 1.807) is 6.08 Å². The van der Waals surface area contributed by atoms with E-state index >= 15 is 0 Å². The number of thiol groups is 1. The molecule has 2 heteroatoms. The lowest BCUT2D eigenvalue weighted by Gasteiger charge is -1.70. The third-order valence-electron chi connectivity index (χ3n) is 0.361. The molecule has 0 fully saturated rings. The van der Waals surface area contributed by atoms with Crippen LogP contribution in [0.5, 0.6) is 0 Å². The summed E-state index contributed by atoms with van der Waals surface area (Å²) in [5, 5.41) is 0. The zero-order valence-electron chi connectivity index (χ0n) is 3.39. The maximum Gasteiger partial charge on any atom is 0.108 e. The predicted octanol–water partition coefficient (Wildman–Crippen LogP) is 1.44. The van der Waals surface area contributed by atoms with Crippen LogP contribution < -0.4 is 0 Å². The topological polar surface area (TPSA) is 0 Å². The van der Waals surface area contributed by atoms with E-state index in [2.05, 4.69) is 12.6 Å². The number of hydrogen-bond donors (Lipinski definition) is 1. The van der Waals surface area contributed by atoms with Crippen LogP contribution in [0.4, 0.5) is 4.39 Å². The second-order valence-corrected chi connectivity index (χ2v) is 1.17. The van der Waals surface area contributed by atoms with Gasteiger partial charge >= 0.3 is 0 Å². The van der Waals surface area contributed by atoms with Gasteiger partial charge in [-0.2, -0.15) is 12.6 Å². The van der Waals surface area contributed by atoms with Gasteiger partial charge in [-0.25, -0.2) is 4.39 Å². The number of rotatable bonds is 2. The lowest BCUT2D eigenvalue weighted by atomic mass is 10.6. The minimum absolute atomic E-state index is 0.374. The average Bonchev–Trinajstić information content (AvgIpc) is 1.61. The fraction of sp³-hybridized carbons (Fsp3) is 0.500. The Labute approximate surface area is 42.5 Å². The Morgan fingerprint density at radius 2 is 2.17 bits per heavy atom. The highest BCUT2D eigenvalue weighted by Crippen LogP contribution is 1.76. The summed E-state index contributed by atoms with van der Waals surface area (Å²) >= 11 is 3.80. The van der Waals surface area contributed by atoms with E-state index in [-0.39, 0.29) is 6.67 Å². The summed E-state index contributed by atoms with van der Waals surface area (Å²) in [4.78, 5) is 0. The lowest BCUT2D eigenvalue weighted by molar-refractivity contribution is 0.561. The molecule has 0 aromatic heterocycles. The first-order valence-corrected chi connectivity index (χ1v) is 2.37. The molecule has 0 aliphatic heterocycles. The molecule has 0 atom stereocenters. The molecule has 0 amide bonds. The van der Waals surface area contributed by atoms with E-state index in [4.69, 9.17) is 0 Å². The second-order valence-electron chi connectivity index (χ2n) is 0.808. The van der Waals surface area contributed by atoms with Crippen LogP contribution in [0, 0.1) is 0 Å². The molecule has 0 saturated carbocycles. The zero-order valence-corrected chi connectivity index (χ0v) is 4.29. The van der Waals surface area contributed by atoms with Crippen LogP contribution in [0.3, 0.4) is 0 Å². The van der Waals surface area contributed by atoms with Crippen molar-refractivity contribution in [3.8, 4) is 0 Å². The fourth-order valence-electron chi connectivity index (χ4n) is 0.138. The van der Waals surface area contributed by atoms with Crippen molar-refractivity contribution in [2.45, 2.75) is 0 Å². The minimum Gasteiger partial charge on any atom is -0.247 e. The van der Waals surface area contributed by atoms with Gasteiger partial charge in [-0.05, 0) is 0 Å². The van der Waals surface area contributed by atoms with Crippen LogP contribution in [0.15, 0.2) is 12.2 Å². The molecule has 0 bridgehead atoms. The van der Waals surface area contributed by atoms with Crippen molar-refractivity contribution in [1.29, 1.82) is 0 Å². The number of hydrogen-bond acceptors (Lipinski definition) is 1. The standard InChI is InChI=1S/C4H7FS/c5-3-1-2-4-6/h1-2,6H,3-4H2. The van der Waals surface area contributed by atoms with Crippen molar-refractivity contribution in [1.82, 2.24) is 0 Å². The lowest BCUT2D eigenvalue weighted by Crippen LogP contribution is -1.61. The van der Waals surface area contributed by atoms with Crippen molar-refractivity contribution in [2.24, 2.45) is 0 Å². The molecule has 0 unspecified atom stereocenters. The van der Waals surface area contributed by atoms with Crippen LogP contribution in [0.1, 0.15) is 0 Å². The largest absolute Gasteiger partial charge is 0.247 e. The van der Waals surface area contributed by atoms with E-state index < -0.39 is 0 Å². The van der Waals surface area contributed by atoms with Crippen molar-refractivity contribution in [3.05, 3.63) is 12.2 Å². The third-order valence-corrected chi connectivity index (χ3v) is 0.572. The highest BCUT2D eigenvalue weighted by atomic mass is 32.1. The Morgan fingerprint density at radius 3 is 2.33 bits per heavy atom. The van der Waals surface area contributed by atoms with Gasteiger partial charge in [-0.15, -0.1) is 0 Å². The zero-order chi connectivity index (χ0) is 4.83. The van der Waals surface area contributed by atoms with Crippen molar-refractivity contribution in [3.63, 3.8) is 0 Å². The van der Waals surface area contributed by atoms with Crippen LogP contribution in [-0.2, 0) is 0 Å². The molecule has 0 aliphatic rings. The van der Waals surface area contributed by atoms with Crippen LogP contribution >= 0.6 is 12.6 Å². The summed E-state index contributed by atoms with van der Waals surface area (Å²) in [6.07, 6.45) is 3.11.